The van der Waals surface area contributed by atoms with Crippen molar-refractivity contribution >= 4 is 40.0 Å². The van der Waals surface area contributed by atoms with Crippen LogP contribution < -0.4 is 11.1 Å². The number of carbonyl (C=O) groups excluding carboxylic acids is 4. The predicted molar refractivity (Wildman–Crippen MR) is 114 cm³/mol. The summed E-state index contributed by atoms with van der Waals surface area (Å²) in [6, 6.07) is 0. The summed E-state index contributed by atoms with van der Waals surface area (Å²) in [4.78, 5) is 52.8. The number of aryl methyl sites for hydroxylation is 1. The van der Waals surface area contributed by atoms with Gasteiger partial charge in [-0.2, -0.15) is 0 Å². The first-order valence-electron chi connectivity index (χ1n) is 10.7. The van der Waals surface area contributed by atoms with E-state index in [1.807, 2.05) is 20.8 Å². The number of fused-ring (bicyclic) bond motifs is 3. The topological polar surface area (TPSA) is 110 Å². The smallest absolute Gasteiger partial charge is 0.251 e. The summed E-state index contributed by atoms with van der Waals surface area (Å²) in [6.07, 6.45) is 4.76. The van der Waals surface area contributed by atoms with Gasteiger partial charge in [0.05, 0.1) is 11.0 Å². The van der Waals surface area contributed by atoms with E-state index in [2.05, 4.69) is 5.32 Å². The molecule has 2 atom stereocenters. The fourth-order valence-corrected chi connectivity index (χ4v) is 6.76. The SMILES string of the molecule is CC12CCC(C(=O)N(CCCC(=O)Nc3sc4c(c3C(N)=O)CCC4)C1=O)C2(C)C. The van der Waals surface area contributed by atoms with E-state index in [-0.39, 0.29) is 42.0 Å². The molecular weight excluding hydrogens is 402 g/mol. The van der Waals surface area contributed by atoms with Crippen molar-refractivity contribution in [2.45, 2.75) is 65.7 Å². The summed E-state index contributed by atoms with van der Waals surface area (Å²) >= 11 is 1.42. The van der Waals surface area contributed by atoms with Crippen LogP contribution in [0.3, 0.4) is 0 Å². The molecule has 30 heavy (non-hydrogen) atoms. The number of imide groups is 1. The number of primary amides is 1. The highest BCUT2D eigenvalue weighted by Crippen LogP contribution is 2.60. The lowest BCUT2D eigenvalue weighted by Gasteiger charge is -2.47. The second-order valence-electron chi connectivity index (χ2n) is 9.52. The van der Waals surface area contributed by atoms with Crippen molar-refractivity contribution in [3.05, 3.63) is 16.0 Å². The molecule has 3 N–H and O–H groups in total. The monoisotopic (exact) mass is 431 g/mol. The van der Waals surface area contributed by atoms with Crippen LogP contribution in [0.5, 0.6) is 0 Å². The summed E-state index contributed by atoms with van der Waals surface area (Å²) in [7, 11) is 0. The maximum Gasteiger partial charge on any atom is 0.251 e. The van der Waals surface area contributed by atoms with Crippen molar-refractivity contribution < 1.29 is 19.2 Å². The molecule has 4 amide bonds. The van der Waals surface area contributed by atoms with Gasteiger partial charge in [-0.25, -0.2) is 0 Å². The highest BCUT2D eigenvalue weighted by atomic mass is 32.1. The Hall–Kier alpha value is -2.22. The quantitative estimate of drug-likeness (QED) is 0.675. The molecule has 0 radical (unpaired) electrons. The average Bonchev–Trinajstić information content (AvgIpc) is 3.27. The van der Waals surface area contributed by atoms with E-state index in [4.69, 9.17) is 5.73 Å². The average molecular weight is 432 g/mol. The van der Waals surface area contributed by atoms with E-state index in [0.29, 0.717) is 17.0 Å². The van der Waals surface area contributed by atoms with Crippen LogP contribution in [0.15, 0.2) is 0 Å². The first-order valence-corrected chi connectivity index (χ1v) is 11.5. The van der Waals surface area contributed by atoms with E-state index >= 15 is 0 Å². The molecule has 162 valence electrons. The fourth-order valence-electron chi connectivity index (χ4n) is 5.45. The number of piperidine rings is 1. The first-order chi connectivity index (χ1) is 14.1. The van der Waals surface area contributed by atoms with Gasteiger partial charge in [0.15, 0.2) is 0 Å². The van der Waals surface area contributed by atoms with Gasteiger partial charge in [0.2, 0.25) is 17.7 Å². The minimum Gasteiger partial charge on any atom is -0.365 e. The molecule has 2 bridgehead atoms. The van der Waals surface area contributed by atoms with E-state index in [9.17, 15) is 19.2 Å². The van der Waals surface area contributed by atoms with Crippen LogP contribution in [-0.2, 0) is 27.2 Å². The standard InChI is InChI=1S/C22H29N3O4S/c1-21(2)13-9-10-22(21,3)20(29)25(19(13)28)11-5-8-15(26)24-18-16(17(23)27)12-6-4-7-14(12)30-18/h13H,4-11H2,1-3H3,(H2,23,27)(H,24,26). The molecule has 7 nitrogen and oxygen atoms in total. The number of anilines is 1. The third-order valence-corrected chi connectivity index (χ3v) is 8.92. The minimum atomic E-state index is -0.526. The number of likely N-dealkylation sites (tertiary alicyclic amines) is 1. The molecule has 2 fully saturated rings. The van der Waals surface area contributed by atoms with E-state index in [1.54, 1.807) is 0 Å². The molecule has 8 heteroatoms. The Labute approximate surface area is 180 Å². The molecule has 2 unspecified atom stereocenters. The number of carbonyl (C=O) groups is 4. The maximum atomic E-state index is 13.1. The summed E-state index contributed by atoms with van der Waals surface area (Å²) < 4.78 is 0. The Bertz CT molecular complexity index is 950. The van der Waals surface area contributed by atoms with Gasteiger partial charge in [0.1, 0.15) is 5.00 Å². The summed E-state index contributed by atoms with van der Waals surface area (Å²) in [5, 5.41) is 3.35. The third kappa shape index (κ3) is 2.99. The van der Waals surface area contributed by atoms with Gasteiger partial charge in [-0.15, -0.1) is 11.3 Å². The van der Waals surface area contributed by atoms with E-state index < -0.39 is 11.3 Å². The zero-order chi connectivity index (χ0) is 21.8. The molecule has 0 spiro atoms. The highest BCUT2D eigenvalue weighted by molar-refractivity contribution is 7.17. The fraction of sp³-hybridized carbons (Fsp3) is 0.636. The van der Waals surface area contributed by atoms with Crippen LogP contribution in [0.1, 0.15) is 73.7 Å². The van der Waals surface area contributed by atoms with Gasteiger partial charge in [0.25, 0.3) is 5.91 Å². The van der Waals surface area contributed by atoms with E-state index in [0.717, 1.165) is 42.5 Å². The number of amides is 4. The first kappa shape index (κ1) is 21.0. The molecule has 1 aromatic rings. The summed E-state index contributed by atoms with van der Waals surface area (Å²) in [5.41, 5.74) is 6.09. The maximum absolute atomic E-state index is 13.1. The molecule has 1 saturated heterocycles. The minimum absolute atomic E-state index is 0.105. The van der Waals surface area contributed by atoms with Gasteiger partial charge in [-0.05, 0) is 49.5 Å². The second-order valence-corrected chi connectivity index (χ2v) is 10.6. The largest absolute Gasteiger partial charge is 0.365 e. The Kier molecular flexibility index (Phi) is 5.03. The number of hydrogen-bond donors (Lipinski definition) is 2. The van der Waals surface area contributed by atoms with Crippen molar-refractivity contribution in [1.29, 1.82) is 0 Å². The normalized spacial score (nSPS) is 26.8. The van der Waals surface area contributed by atoms with Gasteiger partial charge < -0.3 is 11.1 Å². The number of thiophene rings is 1. The molecule has 1 aromatic heterocycles. The molecule has 2 aliphatic carbocycles. The Balaban J connectivity index is 1.38. The van der Waals surface area contributed by atoms with Crippen molar-refractivity contribution in [2.24, 2.45) is 22.5 Å². The van der Waals surface area contributed by atoms with Crippen LogP contribution >= 0.6 is 11.3 Å². The molecule has 3 aliphatic rings. The summed E-state index contributed by atoms with van der Waals surface area (Å²) in [5.74, 6) is -1.10. The molecule has 0 aromatic carbocycles. The Morgan fingerprint density at radius 2 is 1.97 bits per heavy atom. The Morgan fingerprint density at radius 1 is 1.23 bits per heavy atom. The number of rotatable bonds is 6. The van der Waals surface area contributed by atoms with Crippen LogP contribution in [0.2, 0.25) is 0 Å². The molecule has 1 saturated carbocycles. The predicted octanol–water partition coefficient (Wildman–Crippen LogP) is 2.87. The summed E-state index contributed by atoms with van der Waals surface area (Å²) in [6.45, 7) is 6.24. The zero-order valence-electron chi connectivity index (χ0n) is 17.8. The van der Waals surface area contributed by atoms with Crippen LogP contribution in [0.25, 0.3) is 0 Å². The molecule has 1 aliphatic heterocycles. The lowest BCUT2D eigenvalue weighted by molar-refractivity contribution is -0.168. The number of nitrogens with zero attached hydrogens (tertiary/aromatic N) is 1. The van der Waals surface area contributed by atoms with Gasteiger partial charge in [-0.1, -0.05) is 20.8 Å². The lowest BCUT2D eigenvalue weighted by Crippen LogP contribution is -2.59. The van der Waals surface area contributed by atoms with Crippen molar-refractivity contribution in [3.63, 3.8) is 0 Å². The van der Waals surface area contributed by atoms with Crippen molar-refractivity contribution in [1.82, 2.24) is 4.90 Å². The van der Waals surface area contributed by atoms with Crippen molar-refractivity contribution in [3.8, 4) is 0 Å². The Morgan fingerprint density at radius 3 is 2.67 bits per heavy atom. The van der Waals surface area contributed by atoms with Crippen molar-refractivity contribution in [2.75, 3.05) is 11.9 Å². The lowest BCUT2D eigenvalue weighted by atomic mass is 9.62. The van der Waals surface area contributed by atoms with E-state index in [1.165, 1.54) is 16.2 Å². The van der Waals surface area contributed by atoms with Gasteiger partial charge >= 0.3 is 0 Å². The molecular formula is C22H29N3O4S. The second kappa shape index (κ2) is 7.18. The van der Waals surface area contributed by atoms with Gasteiger partial charge in [-0.3, -0.25) is 24.1 Å². The van der Waals surface area contributed by atoms with Crippen LogP contribution in [0.4, 0.5) is 5.00 Å². The van der Waals surface area contributed by atoms with Gasteiger partial charge in [0, 0.05) is 23.8 Å². The number of nitrogens with two attached hydrogens (primary N) is 1. The van der Waals surface area contributed by atoms with Crippen LogP contribution in [-0.4, -0.2) is 35.1 Å². The number of hydrogen-bond acceptors (Lipinski definition) is 5. The highest BCUT2D eigenvalue weighted by Gasteiger charge is 2.64. The zero-order valence-corrected chi connectivity index (χ0v) is 18.6. The third-order valence-electron chi connectivity index (χ3n) is 7.71. The molecule has 4 rings (SSSR count). The number of nitrogens with one attached hydrogen (secondary N) is 1. The van der Waals surface area contributed by atoms with Crippen LogP contribution in [0, 0.1) is 16.7 Å². The molecule has 2 heterocycles.